The van der Waals surface area contributed by atoms with E-state index in [4.69, 9.17) is 23.2 Å². The highest BCUT2D eigenvalue weighted by molar-refractivity contribution is 6.38. The van der Waals surface area contributed by atoms with Gasteiger partial charge >= 0.3 is 0 Å². The van der Waals surface area contributed by atoms with Gasteiger partial charge in [-0.1, -0.05) is 47.5 Å². The van der Waals surface area contributed by atoms with Gasteiger partial charge in [0.2, 0.25) is 0 Å². The molecule has 4 aromatic rings. The number of aryl methyl sites for hydroxylation is 1. The van der Waals surface area contributed by atoms with Crippen molar-refractivity contribution in [3.05, 3.63) is 58.1 Å². The zero-order valence-electron chi connectivity index (χ0n) is 13.8. The van der Waals surface area contributed by atoms with Crippen LogP contribution in [-0.4, -0.2) is 26.0 Å². The summed E-state index contributed by atoms with van der Waals surface area (Å²) in [5.74, 6) is 0.300. The zero-order chi connectivity index (χ0) is 18.1. The molecule has 0 unspecified atom stereocenters. The highest BCUT2D eigenvalue weighted by atomic mass is 35.5. The second-order valence-electron chi connectivity index (χ2n) is 5.57. The number of anilines is 1. The van der Waals surface area contributed by atoms with Gasteiger partial charge in [-0.2, -0.15) is 10.1 Å². The third-order valence-electron chi connectivity index (χ3n) is 4.05. The van der Waals surface area contributed by atoms with Crippen molar-refractivity contribution in [3.8, 4) is 0 Å². The molecule has 0 atom stereocenters. The number of fused-ring (bicyclic) bond motifs is 3. The van der Waals surface area contributed by atoms with E-state index in [2.05, 4.69) is 37.2 Å². The Labute approximate surface area is 159 Å². The Morgan fingerprint density at radius 2 is 1.85 bits per heavy atom. The van der Waals surface area contributed by atoms with E-state index in [0.717, 1.165) is 28.6 Å². The lowest BCUT2D eigenvalue weighted by molar-refractivity contribution is 0.811. The summed E-state index contributed by atoms with van der Waals surface area (Å²) in [5.41, 5.74) is 6.02. The van der Waals surface area contributed by atoms with Crippen LogP contribution in [0.15, 0.2) is 47.6 Å². The van der Waals surface area contributed by atoms with Gasteiger partial charge in [-0.3, -0.25) is 0 Å². The summed E-state index contributed by atoms with van der Waals surface area (Å²) in [6.45, 7) is 2.85. The van der Waals surface area contributed by atoms with Gasteiger partial charge in [-0.15, -0.1) is 10.2 Å². The van der Waals surface area contributed by atoms with Crippen LogP contribution in [-0.2, 0) is 6.54 Å². The second kappa shape index (κ2) is 6.90. The van der Waals surface area contributed by atoms with E-state index in [9.17, 15) is 0 Å². The summed E-state index contributed by atoms with van der Waals surface area (Å²) < 4.78 is 2.10. The fourth-order valence-electron chi connectivity index (χ4n) is 2.86. The number of aromatic nitrogens is 4. The summed E-state index contributed by atoms with van der Waals surface area (Å²) in [6.07, 6.45) is 1.54. The fraction of sp³-hybridized carbons (Fsp3) is 0.111. The molecule has 6 nitrogen and oxygen atoms in total. The molecule has 2 aromatic carbocycles. The first-order chi connectivity index (χ1) is 12.7. The predicted octanol–water partition coefficient (Wildman–Crippen LogP) is 4.75. The summed E-state index contributed by atoms with van der Waals surface area (Å²) >= 11 is 12.2. The smallest absolute Gasteiger partial charge is 0.265 e. The Kier molecular flexibility index (Phi) is 4.44. The standard InChI is InChI=1S/C18H14Cl2N6/c1-2-26-15-9-4-3-6-11(15)16-17(26)22-18(25-23-16)24-21-10-12-13(19)7-5-8-14(12)20/h3-10H,2H2,1H3,(H,22,24,25). The normalized spacial score (nSPS) is 11.7. The molecule has 0 spiro atoms. The molecule has 130 valence electrons. The first-order valence-electron chi connectivity index (χ1n) is 8.03. The zero-order valence-corrected chi connectivity index (χ0v) is 15.3. The Bertz CT molecular complexity index is 1120. The molecule has 0 radical (unpaired) electrons. The van der Waals surface area contributed by atoms with Crippen molar-refractivity contribution in [1.82, 2.24) is 19.7 Å². The van der Waals surface area contributed by atoms with Crippen molar-refractivity contribution < 1.29 is 0 Å². The molecule has 0 aliphatic heterocycles. The van der Waals surface area contributed by atoms with E-state index < -0.39 is 0 Å². The summed E-state index contributed by atoms with van der Waals surface area (Å²) in [7, 11) is 0. The summed E-state index contributed by atoms with van der Waals surface area (Å²) in [6, 6.07) is 13.3. The minimum Gasteiger partial charge on any atom is -0.324 e. The van der Waals surface area contributed by atoms with E-state index in [0.29, 0.717) is 21.6 Å². The Hall–Kier alpha value is -2.70. The van der Waals surface area contributed by atoms with Crippen LogP contribution in [0.4, 0.5) is 5.95 Å². The van der Waals surface area contributed by atoms with Crippen molar-refractivity contribution in [2.24, 2.45) is 5.10 Å². The van der Waals surface area contributed by atoms with Crippen LogP contribution in [0.5, 0.6) is 0 Å². The van der Waals surface area contributed by atoms with Crippen molar-refractivity contribution >= 4 is 57.4 Å². The lowest BCUT2D eigenvalue weighted by atomic mass is 10.2. The average Bonchev–Trinajstić information content (AvgIpc) is 2.97. The maximum absolute atomic E-state index is 6.12. The van der Waals surface area contributed by atoms with Crippen LogP contribution in [0.25, 0.3) is 22.1 Å². The molecule has 2 heterocycles. The van der Waals surface area contributed by atoms with E-state index in [1.807, 2.05) is 24.3 Å². The molecule has 26 heavy (non-hydrogen) atoms. The Morgan fingerprint density at radius 1 is 1.08 bits per heavy atom. The first kappa shape index (κ1) is 16.8. The lowest BCUT2D eigenvalue weighted by Gasteiger charge is -2.03. The van der Waals surface area contributed by atoms with E-state index in [1.165, 1.54) is 6.21 Å². The second-order valence-corrected chi connectivity index (χ2v) is 6.39. The molecule has 0 amide bonds. The van der Waals surface area contributed by atoms with Crippen LogP contribution in [0, 0.1) is 0 Å². The topological polar surface area (TPSA) is 68.0 Å². The number of hydrogen-bond acceptors (Lipinski definition) is 5. The van der Waals surface area contributed by atoms with Gasteiger partial charge in [-0.25, -0.2) is 5.43 Å². The molecular weight excluding hydrogens is 371 g/mol. The first-order valence-corrected chi connectivity index (χ1v) is 8.79. The Morgan fingerprint density at radius 3 is 2.62 bits per heavy atom. The van der Waals surface area contributed by atoms with Crippen molar-refractivity contribution in [2.75, 3.05) is 5.43 Å². The number of hydrogen-bond donors (Lipinski definition) is 1. The van der Waals surface area contributed by atoms with Gasteiger partial charge in [0.1, 0.15) is 5.52 Å². The number of halogens is 2. The number of hydrazone groups is 1. The van der Waals surface area contributed by atoms with Gasteiger partial charge in [0, 0.05) is 17.5 Å². The van der Waals surface area contributed by atoms with Crippen molar-refractivity contribution in [1.29, 1.82) is 0 Å². The van der Waals surface area contributed by atoms with E-state index >= 15 is 0 Å². The monoisotopic (exact) mass is 384 g/mol. The highest BCUT2D eigenvalue weighted by Gasteiger charge is 2.13. The van der Waals surface area contributed by atoms with E-state index in [-0.39, 0.29) is 0 Å². The molecule has 1 N–H and O–H groups in total. The van der Waals surface area contributed by atoms with Crippen LogP contribution in [0.2, 0.25) is 10.0 Å². The molecule has 0 aliphatic carbocycles. The van der Waals surface area contributed by atoms with Crippen LogP contribution in [0.3, 0.4) is 0 Å². The SMILES string of the molecule is CCn1c2ccccc2c2nnc(NN=Cc3c(Cl)cccc3Cl)nc21. The Balaban J connectivity index is 1.70. The summed E-state index contributed by atoms with van der Waals surface area (Å²) in [5, 5.41) is 14.6. The maximum atomic E-state index is 6.12. The van der Waals surface area contributed by atoms with E-state index in [1.54, 1.807) is 18.2 Å². The van der Waals surface area contributed by atoms with Crippen molar-refractivity contribution in [3.63, 3.8) is 0 Å². The lowest BCUT2D eigenvalue weighted by Crippen LogP contribution is -2.02. The third kappa shape index (κ3) is 2.87. The number of para-hydroxylation sites is 1. The molecule has 0 fully saturated rings. The number of rotatable bonds is 4. The quantitative estimate of drug-likeness (QED) is 0.407. The summed E-state index contributed by atoms with van der Waals surface area (Å²) in [4.78, 5) is 4.56. The van der Waals surface area contributed by atoms with Crippen LogP contribution < -0.4 is 5.43 Å². The molecule has 0 saturated carbocycles. The van der Waals surface area contributed by atoms with Crippen LogP contribution in [0.1, 0.15) is 12.5 Å². The molecule has 0 bridgehead atoms. The molecule has 2 aromatic heterocycles. The van der Waals surface area contributed by atoms with Crippen molar-refractivity contribution in [2.45, 2.75) is 13.5 Å². The van der Waals surface area contributed by atoms with Gasteiger partial charge in [0.15, 0.2) is 5.65 Å². The number of benzene rings is 2. The largest absolute Gasteiger partial charge is 0.324 e. The maximum Gasteiger partial charge on any atom is 0.265 e. The van der Waals surface area contributed by atoms with Crippen LogP contribution >= 0.6 is 23.2 Å². The predicted molar refractivity (Wildman–Crippen MR) is 106 cm³/mol. The highest BCUT2D eigenvalue weighted by Crippen LogP contribution is 2.26. The van der Waals surface area contributed by atoms with Gasteiger partial charge < -0.3 is 4.57 Å². The van der Waals surface area contributed by atoms with Gasteiger partial charge in [-0.05, 0) is 25.1 Å². The number of nitrogens with zero attached hydrogens (tertiary/aromatic N) is 5. The van der Waals surface area contributed by atoms with Gasteiger partial charge in [0.05, 0.1) is 21.8 Å². The molecule has 0 saturated heterocycles. The number of nitrogens with one attached hydrogen (secondary N) is 1. The fourth-order valence-corrected chi connectivity index (χ4v) is 3.35. The minimum absolute atomic E-state index is 0.300. The van der Waals surface area contributed by atoms with Gasteiger partial charge in [0.25, 0.3) is 5.95 Å². The third-order valence-corrected chi connectivity index (χ3v) is 4.71. The molecule has 0 aliphatic rings. The molecule has 4 rings (SSSR count). The molecular formula is C18H14Cl2N6. The minimum atomic E-state index is 0.300. The average molecular weight is 385 g/mol. The molecule has 8 heteroatoms.